The van der Waals surface area contributed by atoms with Gasteiger partial charge in [-0.1, -0.05) is 0 Å². The van der Waals surface area contributed by atoms with Gasteiger partial charge in [-0.3, -0.25) is 0 Å². The van der Waals surface area contributed by atoms with E-state index in [0.717, 1.165) is 11.3 Å². The highest BCUT2D eigenvalue weighted by atomic mass is 32.1. The number of carbonyl (C=O) groups excluding carboxylic acids is 1. The first kappa shape index (κ1) is 11.3. The van der Waals surface area contributed by atoms with Crippen molar-refractivity contribution in [3.63, 3.8) is 0 Å². The summed E-state index contributed by atoms with van der Waals surface area (Å²) in [5, 5.41) is 8.97. The normalized spacial score (nSPS) is 10.2. The fourth-order valence-electron chi connectivity index (χ4n) is 1.19. The molecule has 0 bridgehead atoms. The summed E-state index contributed by atoms with van der Waals surface area (Å²) in [4.78, 5) is 33.0. The molecule has 0 aliphatic rings. The predicted molar refractivity (Wildman–Crippen MR) is 58.0 cm³/mol. The van der Waals surface area contributed by atoms with E-state index in [0.29, 0.717) is 10.7 Å². The Kier molecular flexibility index (Phi) is 2.88. The second-order valence-electron chi connectivity index (χ2n) is 2.93. The molecule has 7 nitrogen and oxygen atoms in total. The Morgan fingerprint density at radius 3 is 2.82 bits per heavy atom. The number of esters is 1. The van der Waals surface area contributed by atoms with Gasteiger partial charge in [0.25, 0.3) is 0 Å². The maximum Gasteiger partial charge on any atom is 0.367 e. The van der Waals surface area contributed by atoms with Crippen molar-refractivity contribution in [2.75, 3.05) is 7.11 Å². The van der Waals surface area contributed by atoms with Crippen molar-refractivity contribution in [2.24, 2.45) is 0 Å². The van der Waals surface area contributed by atoms with Gasteiger partial charge in [-0.25, -0.2) is 19.6 Å². The monoisotopic (exact) mass is 253 g/mol. The van der Waals surface area contributed by atoms with Gasteiger partial charge in [-0.05, 0) is 0 Å². The lowest BCUT2D eigenvalue weighted by molar-refractivity contribution is 0.0600. The van der Waals surface area contributed by atoms with Gasteiger partial charge < -0.3 is 14.8 Å². The fourth-order valence-corrected chi connectivity index (χ4v) is 2.12. The molecule has 0 aliphatic carbocycles. The van der Waals surface area contributed by atoms with Crippen LogP contribution in [0.2, 0.25) is 0 Å². The summed E-state index contributed by atoms with van der Waals surface area (Å²) >= 11 is 0.918. The van der Waals surface area contributed by atoms with Crippen LogP contribution < -0.4 is 0 Å². The Balaban J connectivity index is 2.54. The smallest absolute Gasteiger partial charge is 0.367 e. The van der Waals surface area contributed by atoms with Gasteiger partial charge >= 0.3 is 11.9 Å². The number of carboxylic acids is 1. The zero-order valence-corrected chi connectivity index (χ0v) is 9.45. The Labute approximate surface area is 99.1 Å². The van der Waals surface area contributed by atoms with Crippen molar-refractivity contribution in [2.45, 2.75) is 0 Å². The Bertz CT molecular complexity index is 561. The molecule has 2 rings (SSSR count). The van der Waals surface area contributed by atoms with Crippen molar-refractivity contribution in [3.05, 3.63) is 23.1 Å². The quantitative estimate of drug-likeness (QED) is 0.791. The molecule has 2 heterocycles. The van der Waals surface area contributed by atoms with Crippen LogP contribution in [0, 0.1) is 0 Å². The van der Waals surface area contributed by atoms with Crippen LogP contribution in [-0.4, -0.2) is 39.1 Å². The Hall–Kier alpha value is -2.22. The lowest BCUT2D eigenvalue weighted by Gasteiger charge is -1.91. The van der Waals surface area contributed by atoms with Gasteiger partial charge in [0.2, 0.25) is 5.01 Å². The summed E-state index contributed by atoms with van der Waals surface area (Å²) in [6.45, 7) is 0. The van der Waals surface area contributed by atoms with E-state index in [1.807, 2.05) is 0 Å². The molecular formula is C9H7N3O4S. The maximum atomic E-state index is 11.3. The van der Waals surface area contributed by atoms with E-state index < -0.39 is 11.9 Å². The van der Waals surface area contributed by atoms with Gasteiger partial charge in [0.15, 0.2) is 5.69 Å². The zero-order valence-electron chi connectivity index (χ0n) is 8.63. The zero-order chi connectivity index (χ0) is 12.4. The van der Waals surface area contributed by atoms with Crippen molar-refractivity contribution in [1.82, 2.24) is 15.0 Å². The van der Waals surface area contributed by atoms with Crippen molar-refractivity contribution < 1.29 is 19.4 Å². The van der Waals surface area contributed by atoms with E-state index in [4.69, 9.17) is 5.11 Å². The van der Waals surface area contributed by atoms with Crippen LogP contribution in [0.15, 0.2) is 12.4 Å². The highest BCUT2D eigenvalue weighted by Gasteiger charge is 2.23. The molecule has 0 radical (unpaired) electrons. The Morgan fingerprint density at radius 1 is 1.53 bits per heavy atom. The molecule has 0 aliphatic heterocycles. The number of rotatable bonds is 3. The number of carbonyl (C=O) groups is 2. The van der Waals surface area contributed by atoms with Crippen LogP contribution in [0.25, 0.3) is 10.7 Å². The standard InChI is InChI=1S/C9H7N3O4S/c1-16-9(15)7-12-4(8(13)14)5(17-7)6-10-2-3-11-6/h2-3H,1H3,(H,10,11)(H,13,14). The molecule has 0 fully saturated rings. The second-order valence-corrected chi connectivity index (χ2v) is 3.93. The third-order valence-corrected chi connectivity index (χ3v) is 2.95. The molecule has 2 aromatic heterocycles. The number of aromatic carboxylic acids is 1. The third-order valence-electron chi connectivity index (χ3n) is 1.90. The average molecular weight is 253 g/mol. The number of nitrogens with zero attached hydrogens (tertiary/aromatic N) is 2. The summed E-state index contributed by atoms with van der Waals surface area (Å²) in [7, 11) is 1.21. The fraction of sp³-hybridized carbons (Fsp3) is 0.111. The molecule has 8 heteroatoms. The number of hydrogen-bond donors (Lipinski definition) is 2. The van der Waals surface area contributed by atoms with E-state index in [9.17, 15) is 9.59 Å². The number of H-pyrrole nitrogens is 1. The lowest BCUT2D eigenvalue weighted by Crippen LogP contribution is -2.03. The summed E-state index contributed by atoms with van der Waals surface area (Å²) in [6.07, 6.45) is 3.04. The molecule has 2 N–H and O–H groups in total. The molecular weight excluding hydrogens is 246 g/mol. The number of hydrogen-bond acceptors (Lipinski definition) is 6. The van der Waals surface area contributed by atoms with Crippen molar-refractivity contribution in [3.8, 4) is 10.7 Å². The summed E-state index contributed by atoms with van der Waals surface area (Å²) in [6, 6.07) is 0. The largest absolute Gasteiger partial charge is 0.476 e. The second kappa shape index (κ2) is 4.34. The van der Waals surface area contributed by atoms with Crippen LogP contribution in [0.5, 0.6) is 0 Å². The molecule has 0 saturated carbocycles. The molecule has 88 valence electrons. The minimum atomic E-state index is -1.22. The topological polar surface area (TPSA) is 105 Å². The van der Waals surface area contributed by atoms with Gasteiger partial charge in [0.05, 0.1) is 7.11 Å². The highest BCUT2D eigenvalue weighted by molar-refractivity contribution is 7.17. The molecule has 2 aromatic rings. The Morgan fingerprint density at radius 2 is 2.29 bits per heavy atom. The number of methoxy groups -OCH3 is 1. The van der Waals surface area contributed by atoms with E-state index >= 15 is 0 Å². The van der Waals surface area contributed by atoms with Gasteiger partial charge in [0, 0.05) is 12.4 Å². The van der Waals surface area contributed by atoms with Gasteiger partial charge in [-0.2, -0.15) is 0 Å². The van der Waals surface area contributed by atoms with Crippen LogP contribution >= 0.6 is 11.3 Å². The minimum absolute atomic E-state index is 0.0173. The van der Waals surface area contributed by atoms with Gasteiger partial charge in [-0.15, -0.1) is 11.3 Å². The summed E-state index contributed by atoms with van der Waals surface area (Å²) < 4.78 is 4.49. The average Bonchev–Trinajstić information content (AvgIpc) is 2.95. The molecule has 0 unspecified atom stereocenters. The van der Waals surface area contributed by atoms with E-state index in [1.165, 1.54) is 13.3 Å². The van der Waals surface area contributed by atoms with Gasteiger partial charge in [0.1, 0.15) is 10.7 Å². The highest BCUT2D eigenvalue weighted by Crippen LogP contribution is 2.28. The van der Waals surface area contributed by atoms with E-state index in [2.05, 4.69) is 19.7 Å². The SMILES string of the molecule is COC(=O)c1nc(C(=O)O)c(-c2ncc[nH]2)s1. The van der Waals surface area contributed by atoms with Crippen molar-refractivity contribution in [1.29, 1.82) is 0 Å². The van der Waals surface area contributed by atoms with E-state index in [1.54, 1.807) is 6.20 Å². The number of ether oxygens (including phenoxy) is 1. The van der Waals surface area contributed by atoms with Crippen LogP contribution in [-0.2, 0) is 4.74 Å². The number of imidazole rings is 1. The molecule has 17 heavy (non-hydrogen) atoms. The van der Waals surface area contributed by atoms with Crippen LogP contribution in [0.4, 0.5) is 0 Å². The maximum absolute atomic E-state index is 11.3. The molecule has 0 spiro atoms. The van der Waals surface area contributed by atoms with Crippen LogP contribution in [0.3, 0.4) is 0 Å². The van der Waals surface area contributed by atoms with Crippen LogP contribution in [0.1, 0.15) is 20.3 Å². The van der Waals surface area contributed by atoms with Crippen molar-refractivity contribution >= 4 is 23.3 Å². The summed E-state index contributed by atoms with van der Waals surface area (Å²) in [5.41, 5.74) is -0.217. The molecule has 0 atom stereocenters. The lowest BCUT2D eigenvalue weighted by atomic mass is 10.3. The van der Waals surface area contributed by atoms with E-state index in [-0.39, 0.29) is 10.7 Å². The molecule has 0 saturated heterocycles. The first-order chi connectivity index (χ1) is 8.13. The predicted octanol–water partition coefficient (Wildman–Crippen LogP) is 1.02. The first-order valence-corrected chi connectivity index (χ1v) is 5.27. The summed E-state index contributed by atoms with van der Waals surface area (Å²) in [5.74, 6) is -1.53. The number of carboxylic acid groups (broad SMARTS) is 1. The number of aromatic nitrogens is 3. The molecule has 0 aromatic carbocycles. The molecule has 0 amide bonds. The number of thiazole rings is 1. The first-order valence-electron chi connectivity index (χ1n) is 4.45. The number of nitrogens with one attached hydrogen (secondary N) is 1. The minimum Gasteiger partial charge on any atom is -0.476 e. The number of aromatic amines is 1. The third kappa shape index (κ3) is 2.02.